The highest BCUT2D eigenvalue weighted by molar-refractivity contribution is 7.92. The molecule has 4 aromatic carbocycles. The fraction of sp³-hybridized carbons (Fsp3) is 0.148. The lowest BCUT2D eigenvalue weighted by Crippen LogP contribution is -2.38. The van der Waals surface area contributed by atoms with Crippen molar-refractivity contribution < 1.29 is 22.7 Å². The number of benzene rings is 4. The zero-order chi connectivity index (χ0) is 25.0. The standard InChI is InChI=1S/C27H26N2O5S/c1-19-8-13-24(14-9-19)35(31,32)29(25-17-23(33-2)12-15-26(25)34-3)18-27(30)28-22-11-10-20-6-4-5-7-21(20)16-22/h4-17H,18H2,1-3H3,(H,28,30). The zero-order valence-corrected chi connectivity index (χ0v) is 20.5. The van der Waals surface area contributed by atoms with Crippen LogP contribution in [0.15, 0.2) is 89.8 Å². The van der Waals surface area contributed by atoms with E-state index in [1.165, 1.54) is 32.4 Å². The number of carbonyl (C=O) groups is 1. The summed E-state index contributed by atoms with van der Waals surface area (Å²) in [6.45, 7) is 1.41. The van der Waals surface area contributed by atoms with Crippen LogP contribution in [-0.4, -0.2) is 35.1 Å². The molecule has 0 unspecified atom stereocenters. The molecule has 8 heteroatoms. The number of rotatable bonds is 8. The van der Waals surface area contributed by atoms with E-state index in [2.05, 4.69) is 5.32 Å². The number of amides is 1. The zero-order valence-electron chi connectivity index (χ0n) is 19.7. The average molecular weight is 491 g/mol. The minimum atomic E-state index is -4.11. The minimum Gasteiger partial charge on any atom is -0.497 e. The number of fused-ring (bicyclic) bond motifs is 1. The second-order valence-corrected chi connectivity index (χ2v) is 9.83. The summed E-state index contributed by atoms with van der Waals surface area (Å²) in [5, 5.41) is 4.82. The van der Waals surface area contributed by atoms with Gasteiger partial charge in [0.05, 0.1) is 24.8 Å². The molecule has 0 saturated carbocycles. The number of hydrogen-bond acceptors (Lipinski definition) is 5. The van der Waals surface area contributed by atoms with Crippen LogP contribution in [0.4, 0.5) is 11.4 Å². The lowest BCUT2D eigenvalue weighted by molar-refractivity contribution is -0.114. The third kappa shape index (κ3) is 5.22. The first-order chi connectivity index (χ1) is 16.8. The SMILES string of the molecule is COc1ccc(OC)c(N(CC(=O)Nc2ccc3ccccc3c2)S(=O)(=O)c2ccc(C)cc2)c1. The minimum absolute atomic E-state index is 0.0616. The molecule has 0 radical (unpaired) electrons. The molecule has 1 amide bonds. The van der Waals surface area contributed by atoms with Gasteiger partial charge in [0.1, 0.15) is 18.0 Å². The number of hydrogen-bond donors (Lipinski definition) is 1. The van der Waals surface area contributed by atoms with E-state index in [0.29, 0.717) is 17.2 Å². The molecule has 0 atom stereocenters. The Balaban J connectivity index is 1.72. The van der Waals surface area contributed by atoms with Crippen LogP contribution in [-0.2, 0) is 14.8 Å². The van der Waals surface area contributed by atoms with E-state index < -0.39 is 22.5 Å². The maximum Gasteiger partial charge on any atom is 0.264 e. The fourth-order valence-corrected chi connectivity index (χ4v) is 5.15. The fourth-order valence-electron chi connectivity index (χ4n) is 3.73. The van der Waals surface area contributed by atoms with Crippen molar-refractivity contribution in [3.8, 4) is 11.5 Å². The number of anilines is 2. The third-order valence-electron chi connectivity index (χ3n) is 5.58. The normalized spacial score (nSPS) is 11.2. The first-order valence-corrected chi connectivity index (χ1v) is 12.4. The Labute approximate surface area is 205 Å². The number of nitrogens with one attached hydrogen (secondary N) is 1. The van der Waals surface area contributed by atoms with E-state index >= 15 is 0 Å². The van der Waals surface area contributed by atoms with E-state index in [9.17, 15) is 13.2 Å². The van der Waals surface area contributed by atoms with Gasteiger partial charge in [0.2, 0.25) is 5.91 Å². The topological polar surface area (TPSA) is 84.9 Å². The molecule has 0 fully saturated rings. The van der Waals surface area contributed by atoms with Crippen LogP contribution >= 0.6 is 0 Å². The van der Waals surface area contributed by atoms with Gasteiger partial charge in [0.15, 0.2) is 0 Å². The molecule has 0 bridgehead atoms. The van der Waals surface area contributed by atoms with Gasteiger partial charge in [-0.2, -0.15) is 0 Å². The number of aryl methyl sites for hydroxylation is 1. The summed E-state index contributed by atoms with van der Waals surface area (Å²) >= 11 is 0. The molecule has 0 saturated heterocycles. The molecule has 0 heterocycles. The first-order valence-electron chi connectivity index (χ1n) is 10.9. The second-order valence-electron chi connectivity index (χ2n) is 7.97. The summed E-state index contributed by atoms with van der Waals surface area (Å²) in [5.41, 5.74) is 1.68. The van der Waals surface area contributed by atoms with Gasteiger partial charge in [-0.1, -0.05) is 48.0 Å². The Kier molecular flexibility index (Phi) is 6.93. The van der Waals surface area contributed by atoms with Gasteiger partial charge in [-0.05, 0) is 54.1 Å². The van der Waals surface area contributed by atoms with Crippen molar-refractivity contribution in [3.05, 3.63) is 90.5 Å². The highest BCUT2D eigenvalue weighted by Crippen LogP contribution is 2.35. The molecule has 1 N–H and O–H groups in total. The van der Waals surface area contributed by atoms with Crippen LogP contribution in [0.25, 0.3) is 10.8 Å². The summed E-state index contributed by atoms with van der Waals surface area (Å²) in [6, 6.07) is 24.6. The van der Waals surface area contributed by atoms with E-state index in [4.69, 9.17) is 9.47 Å². The molecule has 7 nitrogen and oxygen atoms in total. The van der Waals surface area contributed by atoms with Gasteiger partial charge in [-0.3, -0.25) is 9.10 Å². The Morgan fingerprint density at radius 1 is 0.857 bits per heavy atom. The van der Waals surface area contributed by atoms with Crippen LogP contribution in [0.1, 0.15) is 5.56 Å². The van der Waals surface area contributed by atoms with Crippen LogP contribution in [0.3, 0.4) is 0 Å². The summed E-state index contributed by atoms with van der Waals surface area (Å²) < 4.78 is 39.2. The van der Waals surface area contributed by atoms with Gasteiger partial charge in [-0.15, -0.1) is 0 Å². The van der Waals surface area contributed by atoms with E-state index in [1.54, 1.807) is 30.3 Å². The molecule has 35 heavy (non-hydrogen) atoms. The maximum atomic E-state index is 13.7. The Morgan fingerprint density at radius 3 is 2.26 bits per heavy atom. The third-order valence-corrected chi connectivity index (χ3v) is 7.36. The quantitative estimate of drug-likeness (QED) is 0.376. The Hall–Kier alpha value is -4.04. The Morgan fingerprint density at radius 2 is 1.57 bits per heavy atom. The van der Waals surface area contributed by atoms with E-state index in [0.717, 1.165) is 20.6 Å². The molecular formula is C27H26N2O5S. The summed E-state index contributed by atoms with van der Waals surface area (Å²) in [7, 11) is -1.19. The Bertz CT molecular complexity index is 1470. The summed E-state index contributed by atoms with van der Waals surface area (Å²) in [4.78, 5) is 13.2. The molecule has 0 spiro atoms. The van der Waals surface area contributed by atoms with E-state index in [1.807, 2.05) is 43.3 Å². The highest BCUT2D eigenvalue weighted by Gasteiger charge is 2.30. The lowest BCUT2D eigenvalue weighted by atomic mass is 10.1. The number of nitrogens with zero attached hydrogens (tertiary/aromatic N) is 1. The van der Waals surface area contributed by atoms with Crippen LogP contribution in [0.5, 0.6) is 11.5 Å². The first kappa shape index (κ1) is 24.1. The molecule has 4 aromatic rings. The van der Waals surface area contributed by atoms with Crippen molar-refractivity contribution in [3.63, 3.8) is 0 Å². The monoisotopic (exact) mass is 490 g/mol. The number of carbonyl (C=O) groups excluding carboxylic acids is 1. The maximum absolute atomic E-state index is 13.7. The van der Waals surface area contributed by atoms with Crippen LogP contribution in [0.2, 0.25) is 0 Å². The lowest BCUT2D eigenvalue weighted by Gasteiger charge is -2.26. The predicted octanol–water partition coefficient (Wildman–Crippen LogP) is 5.00. The van der Waals surface area contributed by atoms with Crippen molar-refractivity contribution in [2.45, 2.75) is 11.8 Å². The van der Waals surface area contributed by atoms with Crippen molar-refractivity contribution >= 4 is 38.1 Å². The number of ether oxygens (including phenoxy) is 2. The predicted molar refractivity (Wildman–Crippen MR) is 138 cm³/mol. The largest absolute Gasteiger partial charge is 0.497 e. The van der Waals surface area contributed by atoms with Gasteiger partial charge < -0.3 is 14.8 Å². The second kappa shape index (κ2) is 10.1. The van der Waals surface area contributed by atoms with Gasteiger partial charge in [-0.25, -0.2) is 8.42 Å². The van der Waals surface area contributed by atoms with Crippen molar-refractivity contribution in [1.29, 1.82) is 0 Å². The molecular weight excluding hydrogens is 464 g/mol. The molecule has 4 rings (SSSR count). The van der Waals surface area contributed by atoms with Crippen LogP contribution in [0, 0.1) is 6.92 Å². The van der Waals surface area contributed by atoms with E-state index in [-0.39, 0.29) is 10.6 Å². The summed E-state index contributed by atoms with van der Waals surface area (Å²) in [5.74, 6) is 0.223. The van der Waals surface area contributed by atoms with Crippen molar-refractivity contribution in [2.75, 3.05) is 30.4 Å². The van der Waals surface area contributed by atoms with Gasteiger partial charge >= 0.3 is 0 Å². The van der Waals surface area contributed by atoms with Crippen molar-refractivity contribution in [2.24, 2.45) is 0 Å². The molecule has 0 aromatic heterocycles. The summed E-state index contributed by atoms with van der Waals surface area (Å²) in [6.07, 6.45) is 0. The molecule has 0 aliphatic carbocycles. The van der Waals surface area contributed by atoms with Gasteiger partial charge in [0, 0.05) is 11.8 Å². The molecule has 0 aliphatic heterocycles. The smallest absolute Gasteiger partial charge is 0.264 e. The molecule has 180 valence electrons. The number of sulfonamides is 1. The average Bonchev–Trinajstić information content (AvgIpc) is 2.87. The molecule has 0 aliphatic rings. The number of methoxy groups -OCH3 is 2. The van der Waals surface area contributed by atoms with Crippen LogP contribution < -0.4 is 19.1 Å². The van der Waals surface area contributed by atoms with Crippen molar-refractivity contribution in [1.82, 2.24) is 0 Å². The van der Waals surface area contributed by atoms with Gasteiger partial charge in [0.25, 0.3) is 10.0 Å². The highest BCUT2D eigenvalue weighted by atomic mass is 32.2.